The van der Waals surface area contributed by atoms with E-state index in [1.165, 1.54) is 0 Å². The summed E-state index contributed by atoms with van der Waals surface area (Å²) in [5.41, 5.74) is 0.995. The van der Waals surface area contributed by atoms with E-state index in [-0.39, 0.29) is 10.6 Å². The van der Waals surface area contributed by atoms with Gasteiger partial charge in [-0.05, 0) is 17.7 Å². The predicted octanol–water partition coefficient (Wildman–Crippen LogP) is 4.21. The highest BCUT2D eigenvalue weighted by molar-refractivity contribution is 8.00. The lowest BCUT2D eigenvalue weighted by atomic mass is 10.2. The first-order valence-corrected chi connectivity index (χ1v) is 6.80. The molecule has 0 aliphatic carbocycles. The normalized spacial score (nSPS) is 12.2. The van der Waals surface area contributed by atoms with Gasteiger partial charge in [0, 0.05) is 22.2 Å². The minimum Gasteiger partial charge on any atom is -0.310 e. The van der Waals surface area contributed by atoms with Crippen molar-refractivity contribution in [2.24, 2.45) is 0 Å². The van der Waals surface area contributed by atoms with Crippen molar-refractivity contribution in [3.8, 4) is 0 Å². The Morgan fingerprint density at radius 2 is 1.94 bits per heavy atom. The fourth-order valence-electron chi connectivity index (χ4n) is 1.39. The average molecular weight is 255 g/mol. The molecule has 1 rings (SSSR count). The number of thioether (sulfide) groups is 1. The maximum absolute atomic E-state index is 13.9. The largest absolute Gasteiger partial charge is 0.310 e. The number of rotatable bonds is 4. The Labute approximate surface area is 108 Å². The van der Waals surface area contributed by atoms with Gasteiger partial charge >= 0.3 is 0 Å². The van der Waals surface area contributed by atoms with Gasteiger partial charge in [-0.2, -0.15) is 0 Å². The molecule has 0 bridgehead atoms. The van der Waals surface area contributed by atoms with Crippen molar-refractivity contribution < 1.29 is 4.39 Å². The van der Waals surface area contributed by atoms with Crippen LogP contribution in [0.5, 0.6) is 0 Å². The van der Waals surface area contributed by atoms with E-state index in [1.54, 1.807) is 17.8 Å². The summed E-state index contributed by atoms with van der Waals surface area (Å²) < 4.78 is 13.9. The summed E-state index contributed by atoms with van der Waals surface area (Å²) in [5, 5.41) is 3.28. The van der Waals surface area contributed by atoms with Gasteiger partial charge < -0.3 is 5.32 Å². The van der Waals surface area contributed by atoms with Crippen LogP contribution < -0.4 is 5.32 Å². The summed E-state index contributed by atoms with van der Waals surface area (Å²) in [6, 6.07) is 5.92. The van der Waals surface area contributed by atoms with Gasteiger partial charge in [0.25, 0.3) is 0 Å². The van der Waals surface area contributed by atoms with Crippen LogP contribution in [0.2, 0.25) is 0 Å². The third kappa shape index (κ3) is 5.55. The van der Waals surface area contributed by atoms with E-state index < -0.39 is 0 Å². The predicted molar refractivity (Wildman–Crippen MR) is 74.0 cm³/mol. The molecule has 96 valence electrons. The molecule has 0 aliphatic heterocycles. The van der Waals surface area contributed by atoms with E-state index in [9.17, 15) is 4.39 Å². The molecule has 1 N–H and O–H groups in total. The zero-order valence-corrected chi connectivity index (χ0v) is 12.1. The molecule has 0 fully saturated rings. The molecular weight excluding hydrogens is 233 g/mol. The lowest BCUT2D eigenvalue weighted by Crippen LogP contribution is -2.21. The van der Waals surface area contributed by atoms with Crippen molar-refractivity contribution in [3.63, 3.8) is 0 Å². The van der Waals surface area contributed by atoms with Crippen molar-refractivity contribution in [3.05, 3.63) is 29.6 Å². The van der Waals surface area contributed by atoms with Crippen LogP contribution in [0, 0.1) is 5.82 Å². The van der Waals surface area contributed by atoms with Crippen LogP contribution in [0.25, 0.3) is 0 Å². The average Bonchev–Trinajstić information content (AvgIpc) is 2.17. The van der Waals surface area contributed by atoms with Crippen LogP contribution in [0.15, 0.2) is 23.1 Å². The molecule has 3 heteroatoms. The van der Waals surface area contributed by atoms with Gasteiger partial charge in [-0.15, -0.1) is 11.8 Å². The Hall–Kier alpha value is -0.540. The highest BCUT2D eigenvalue weighted by Gasteiger charge is 2.15. The van der Waals surface area contributed by atoms with Gasteiger partial charge in [0.15, 0.2) is 0 Å². The molecule has 1 aromatic carbocycles. The molecule has 0 radical (unpaired) electrons. The molecule has 0 aromatic heterocycles. The van der Waals surface area contributed by atoms with E-state index >= 15 is 0 Å². The van der Waals surface area contributed by atoms with Gasteiger partial charge in [0.1, 0.15) is 5.82 Å². The molecule has 0 saturated heterocycles. The standard InChI is InChI=1S/C14H22FNS/c1-10(2)16-9-11-6-7-13(12(15)8-11)17-14(3,4)5/h6-8,10,16H,9H2,1-5H3. The van der Waals surface area contributed by atoms with Gasteiger partial charge in [0.2, 0.25) is 0 Å². The van der Waals surface area contributed by atoms with Crippen LogP contribution in [-0.2, 0) is 6.54 Å². The molecule has 0 heterocycles. The van der Waals surface area contributed by atoms with E-state index in [2.05, 4.69) is 39.9 Å². The number of hydrogen-bond donors (Lipinski definition) is 1. The summed E-state index contributed by atoms with van der Waals surface area (Å²) in [7, 11) is 0. The van der Waals surface area contributed by atoms with Crippen molar-refractivity contribution in [1.82, 2.24) is 5.32 Å². The zero-order valence-electron chi connectivity index (χ0n) is 11.3. The SMILES string of the molecule is CC(C)NCc1ccc(SC(C)(C)C)c(F)c1. The van der Waals surface area contributed by atoms with Gasteiger partial charge in [-0.25, -0.2) is 4.39 Å². The molecule has 0 saturated carbocycles. The second kappa shape index (κ2) is 5.87. The number of hydrogen-bond acceptors (Lipinski definition) is 2. The van der Waals surface area contributed by atoms with Gasteiger partial charge in [0.05, 0.1) is 0 Å². The maximum Gasteiger partial charge on any atom is 0.137 e. The van der Waals surface area contributed by atoms with Gasteiger partial charge in [-0.3, -0.25) is 0 Å². The van der Waals surface area contributed by atoms with E-state index in [0.29, 0.717) is 6.04 Å². The first-order chi connectivity index (χ1) is 7.78. The summed E-state index contributed by atoms with van der Waals surface area (Å²) in [5.74, 6) is -0.118. The van der Waals surface area contributed by atoms with Crippen LogP contribution in [-0.4, -0.2) is 10.8 Å². The smallest absolute Gasteiger partial charge is 0.137 e. The first-order valence-electron chi connectivity index (χ1n) is 5.99. The van der Waals surface area contributed by atoms with E-state index in [4.69, 9.17) is 0 Å². The monoisotopic (exact) mass is 255 g/mol. The van der Waals surface area contributed by atoms with Crippen molar-refractivity contribution in [1.29, 1.82) is 0 Å². The summed E-state index contributed by atoms with van der Waals surface area (Å²) in [6.07, 6.45) is 0. The molecule has 0 atom stereocenters. The van der Waals surface area contributed by atoms with Crippen molar-refractivity contribution in [2.75, 3.05) is 0 Å². The highest BCUT2D eigenvalue weighted by atomic mass is 32.2. The molecule has 1 aromatic rings. The minimum atomic E-state index is -0.118. The zero-order chi connectivity index (χ0) is 13.1. The Balaban J connectivity index is 2.72. The lowest BCUT2D eigenvalue weighted by molar-refractivity contribution is 0.573. The third-order valence-corrected chi connectivity index (χ3v) is 3.29. The van der Waals surface area contributed by atoms with Crippen LogP contribution in [0.1, 0.15) is 40.2 Å². The molecule has 0 amide bonds. The molecule has 0 unspecified atom stereocenters. The summed E-state index contributed by atoms with van der Waals surface area (Å²) in [6.45, 7) is 11.2. The molecule has 17 heavy (non-hydrogen) atoms. The Bertz CT molecular complexity index is 369. The van der Waals surface area contributed by atoms with Gasteiger partial charge in [-0.1, -0.05) is 40.7 Å². The quantitative estimate of drug-likeness (QED) is 0.809. The lowest BCUT2D eigenvalue weighted by Gasteiger charge is -2.18. The number of benzene rings is 1. The first kappa shape index (κ1) is 14.5. The Kier molecular flexibility index (Phi) is 5.02. The molecule has 0 spiro atoms. The van der Waals surface area contributed by atoms with Crippen molar-refractivity contribution >= 4 is 11.8 Å². The van der Waals surface area contributed by atoms with Crippen LogP contribution >= 0.6 is 11.8 Å². The Morgan fingerprint density at radius 3 is 2.41 bits per heavy atom. The second-order valence-corrected chi connectivity index (χ2v) is 7.38. The number of nitrogens with one attached hydrogen (secondary N) is 1. The fourth-order valence-corrected chi connectivity index (χ4v) is 2.34. The van der Waals surface area contributed by atoms with Crippen molar-refractivity contribution in [2.45, 2.75) is 56.8 Å². The highest BCUT2D eigenvalue weighted by Crippen LogP contribution is 2.33. The molecular formula is C14H22FNS. The fraction of sp³-hybridized carbons (Fsp3) is 0.571. The molecule has 1 nitrogen and oxygen atoms in total. The summed E-state index contributed by atoms with van der Waals surface area (Å²) >= 11 is 1.57. The third-order valence-electron chi connectivity index (χ3n) is 2.13. The van der Waals surface area contributed by atoms with E-state index in [1.807, 2.05) is 12.1 Å². The topological polar surface area (TPSA) is 12.0 Å². The van der Waals surface area contributed by atoms with Crippen LogP contribution in [0.4, 0.5) is 4.39 Å². The minimum absolute atomic E-state index is 0.0402. The van der Waals surface area contributed by atoms with Crippen LogP contribution in [0.3, 0.4) is 0 Å². The van der Waals surface area contributed by atoms with E-state index in [0.717, 1.165) is 17.0 Å². The molecule has 0 aliphatic rings. The number of halogens is 1. The Morgan fingerprint density at radius 1 is 1.29 bits per heavy atom. The summed E-state index contributed by atoms with van der Waals surface area (Å²) in [4.78, 5) is 0.728. The second-order valence-electron chi connectivity index (χ2n) is 5.51. The maximum atomic E-state index is 13.9.